The maximum Gasteiger partial charge on any atom is 0.320 e. The van der Waals surface area contributed by atoms with E-state index in [-0.39, 0.29) is 22.9 Å². The number of nitrogens with one attached hydrogen (secondary N) is 3. The topological polar surface area (TPSA) is 91.9 Å². The van der Waals surface area contributed by atoms with Crippen molar-refractivity contribution in [3.05, 3.63) is 53.9 Å². The van der Waals surface area contributed by atoms with Gasteiger partial charge in [0.05, 0.1) is 18.2 Å². The van der Waals surface area contributed by atoms with Crippen LogP contribution in [0.4, 0.5) is 19.4 Å². The van der Waals surface area contributed by atoms with Crippen molar-refractivity contribution in [2.45, 2.75) is 18.9 Å². The highest BCUT2D eigenvalue weighted by atomic mass is 19.3. The number of nitrogens with zero attached hydrogens (tertiary/aromatic N) is 2. The third-order valence-electron chi connectivity index (χ3n) is 3.95. The summed E-state index contributed by atoms with van der Waals surface area (Å²) in [5.41, 5.74) is 0.861. The molecule has 0 radical (unpaired) electrons. The van der Waals surface area contributed by atoms with Crippen LogP contribution >= 0.6 is 0 Å². The first-order valence-electron chi connectivity index (χ1n) is 8.22. The largest absolute Gasteiger partial charge is 0.382 e. The molecule has 0 unspecified atom stereocenters. The summed E-state index contributed by atoms with van der Waals surface area (Å²) >= 11 is 0. The summed E-state index contributed by atoms with van der Waals surface area (Å²) < 4.78 is 32.2. The van der Waals surface area contributed by atoms with Gasteiger partial charge in [-0.25, -0.2) is 9.78 Å². The number of carbonyl (C=O) groups excluding carboxylic acids is 1. The summed E-state index contributed by atoms with van der Waals surface area (Å²) in [6.45, 7) is 1.06. The lowest BCUT2D eigenvalue weighted by Crippen LogP contribution is -2.35. The van der Waals surface area contributed by atoms with E-state index >= 15 is 0 Å². The number of amides is 2. The van der Waals surface area contributed by atoms with E-state index in [0.717, 1.165) is 12.5 Å². The molecule has 0 aliphatic heterocycles. The average Bonchev–Trinajstić information content (AvgIpc) is 3.05. The standard InChI is InChI=1S/C18H19F2N5O2/c1-18(19,20)16-12-9-21-15(8-13(12)24-25-16)23-17(26)22-14(10-27-2)11-6-4-3-5-7-11/h3-9,14H,10H2,1-2H3,(H,24,25)(H2,21,22,23,26)/t14-/m1/s1. The summed E-state index contributed by atoms with van der Waals surface area (Å²) in [5.74, 6) is -2.88. The highest BCUT2D eigenvalue weighted by Crippen LogP contribution is 2.31. The molecule has 2 aromatic heterocycles. The first kappa shape index (κ1) is 18.7. The zero-order valence-electron chi connectivity index (χ0n) is 14.8. The van der Waals surface area contributed by atoms with Crippen LogP contribution in [0.15, 0.2) is 42.6 Å². The van der Waals surface area contributed by atoms with Crippen molar-refractivity contribution in [3.63, 3.8) is 0 Å². The zero-order chi connectivity index (χ0) is 19.4. The molecule has 9 heteroatoms. The van der Waals surface area contributed by atoms with E-state index in [0.29, 0.717) is 12.1 Å². The highest BCUT2D eigenvalue weighted by Gasteiger charge is 2.30. The predicted octanol–water partition coefficient (Wildman–Crippen LogP) is 3.58. The molecule has 0 bridgehead atoms. The average molecular weight is 375 g/mol. The second-order valence-electron chi connectivity index (χ2n) is 6.09. The van der Waals surface area contributed by atoms with Gasteiger partial charge >= 0.3 is 6.03 Å². The number of ether oxygens (including phenoxy) is 1. The summed E-state index contributed by atoms with van der Waals surface area (Å²) in [6.07, 6.45) is 1.25. The molecule has 27 heavy (non-hydrogen) atoms. The number of methoxy groups -OCH3 is 1. The Hall–Kier alpha value is -3.07. The second kappa shape index (κ2) is 7.67. The number of alkyl halides is 2. The molecule has 1 aromatic carbocycles. The molecule has 3 N–H and O–H groups in total. The molecule has 3 aromatic rings. The summed E-state index contributed by atoms with van der Waals surface area (Å²) in [5, 5.41) is 11.8. The molecule has 0 spiro atoms. The maximum atomic E-state index is 13.5. The van der Waals surface area contributed by atoms with Crippen molar-refractivity contribution in [3.8, 4) is 0 Å². The monoisotopic (exact) mass is 375 g/mol. The lowest BCUT2D eigenvalue weighted by molar-refractivity contribution is 0.0142. The Labute approximate surface area is 154 Å². The maximum absolute atomic E-state index is 13.5. The molecule has 0 aliphatic carbocycles. The Kier molecular flexibility index (Phi) is 5.31. The number of hydrogen-bond acceptors (Lipinski definition) is 4. The molecule has 0 aliphatic rings. The number of aromatic nitrogens is 3. The van der Waals surface area contributed by atoms with E-state index in [4.69, 9.17) is 4.74 Å². The van der Waals surface area contributed by atoms with Crippen LogP contribution in [0.25, 0.3) is 10.9 Å². The summed E-state index contributed by atoms with van der Waals surface area (Å²) in [7, 11) is 1.55. The van der Waals surface area contributed by atoms with Crippen molar-refractivity contribution in [1.82, 2.24) is 20.5 Å². The van der Waals surface area contributed by atoms with Crippen LogP contribution in [0, 0.1) is 0 Å². The molecule has 2 heterocycles. The van der Waals surface area contributed by atoms with E-state index < -0.39 is 12.0 Å². The van der Waals surface area contributed by atoms with E-state index in [9.17, 15) is 13.6 Å². The SMILES string of the molecule is COC[C@@H](NC(=O)Nc1cc2[nH]nc(C(C)(F)F)c2cn1)c1ccccc1. The van der Waals surface area contributed by atoms with Crippen LogP contribution < -0.4 is 10.6 Å². The Balaban J connectivity index is 1.73. The Bertz CT molecular complexity index is 924. The van der Waals surface area contributed by atoms with Crippen molar-refractivity contribution in [2.24, 2.45) is 0 Å². The molecular formula is C18H19F2N5O2. The van der Waals surface area contributed by atoms with Gasteiger partial charge < -0.3 is 10.1 Å². The number of benzene rings is 1. The second-order valence-corrected chi connectivity index (χ2v) is 6.09. The number of halogens is 2. The van der Waals surface area contributed by atoms with Gasteiger partial charge in [-0.2, -0.15) is 13.9 Å². The Morgan fingerprint density at radius 1 is 1.33 bits per heavy atom. The molecular weight excluding hydrogens is 356 g/mol. The van der Waals surface area contributed by atoms with Gasteiger partial charge in [-0.15, -0.1) is 0 Å². The lowest BCUT2D eigenvalue weighted by Gasteiger charge is -2.18. The number of hydrogen-bond donors (Lipinski definition) is 3. The third-order valence-corrected chi connectivity index (χ3v) is 3.95. The van der Waals surface area contributed by atoms with Crippen LogP contribution in [-0.2, 0) is 10.7 Å². The van der Waals surface area contributed by atoms with Gasteiger partial charge in [-0.3, -0.25) is 10.4 Å². The molecule has 3 rings (SSSR count). The fourth-order valence-electron chi connectivity index (χ4n) is 2.70. The van der Waals surface area contributed by atoms with Crippen molar-refractivity contribution in [1.29, 1.82) is 0 Å². The van der Waals surface area contributed by atoms with E-state index in [2.05, 4.69) is 25.8 Å². The minimum Gasteiger partial charge on any atom is -0.382 e. The van der Waals surface area contributed by atoms with Gasteiger partial charge in [-0.05, 0) is 5.56 Å². The molecule has 0 saturated carbocycles. The number of fused-ring (bicyclic) bond motifs is 1. The minimum absolute atomic E-state index is 0.204. The number of carbonyl (C=O) groups is 1. The molecule has 0 saturated heterocycles. The number of aromatic amines is 1. The highest BCUT2D eigenvalue weighted by molar-refractivity contribution is 5.91. The van der Waals surface area contributed by atoms with Crippen LogP contribution in [0.1, 0.15) is 24.2 Å². The fraction of sp³-hybridized carbons (Fsp3) is 0.278. The van der Waals surface area contributed by atoms with Gasteiger partial charge in [0.15, 0.2) is 0 Å². The van der Waals surface area contributed by atoms with Crippen molar-refractivity contribution < 1.29 is 18.3 Å². The van der Waals surface area contributed by atoms with Gasteiger partial charge in [0.1, 0.15) is 11.5 Å². The minimum atomic E-state index is -3.09. The first-order chi connectivity index (χ1) is 12.9. The van der Waals surface area contributed by atoms with E-state index in [1.165, 1.54) is 12.3 Å². The number of rotatable bonds is 6. The van der Waals surface area contributed by atoms with Gasteiger partial charge in [0.2, 0.25) is 0 Å². The molecule has 1 atom stereocenters. The number of anilines is 1. The van der Waals surface area contributed by atoms with Gasteiger partial charge in [-0.1, -0.05) is 30.3 Å². The van der Waals surface area contributed by atoms with Crippen LogP contribution in [0.5, 0.6) is 0 Å². The molecule has 0 fully saturated rings. The van der Waals surface area contributed by atoms with E-state index in [1.54, 1.807) is 7.11 Å². The number of H-pyrrole nitrogens is 1. The Morgan fingerprint density at radius 2 is 2.07 bits per heavy atom. The van der Waals surface area contributed by atoms with Crippen LogP contribution in [-0.4, -0.2) is 34.9 Å². The molecule has 2 amide bonds. The van der Waals surface area contributed by atoms with Gasteiger partial charge in [0.25, 0.3) is 5.92 Å². The summed E-state index contributed by atoms with van der Waals surface area (Å²) in [4.78, 5) is 16.3. The smallest absolute Gasteiger partial charge is 0.320 e. The van der Waals surface area contributed by atoms with Crippen LogP contribution in [0.3, 0.4) is 0 Å². The van der Waals surface area contributed by atoms with E-state index in [1.807, 2.05) is 30.3 Å². The molecule has 7 nitrogen and oxygen atoms in total. The quantitative estimate of drug-likeness (QED) is 0.614. The zero-order valence-corrected chi connectivity index (χ0v) is 14.8. The number of urea groups is 1. The number of pyridine rings is 1. The van der Waals surface area contributed by atoms with Gasteiger partial charge in [0, 0.05) is 31.7 Å². The normalized spacial score (nSPS) is 12.7. The summed E-state index contributed by atoms with van der Waals surface area (Å²) in [6, 6.07) is 9.98. The van der Waals surface area contributed by atoms with Crippen LogP contribution in [0.2, 0.25) is 0 Å². The Morgan fingerprint density at radius 3 is 2.74 bits per heavy atom. The molecule has 142 valence electrons. The van der Waals surface area contributed by atoms with Crippen molar-refractivity contribution in [2.75, 3.05) is 19.0 Å². The fourth-order valence-corrected chi connectivity index (χ4v) is 2.70. The predicted molar refractivity (Wildman–Crippen MR) is 96.7 cm³/mol. The first-order valence-corrected chi connectivity index (χ1v) is 8.22. The lowest BCUT2D eigenvalue weighted by atomic mass is 10.1. The van der Waals surface area contributed by atoms with Crippen molar-refractivity contribution >= 4 is 22.8 Å². The third kappa shape index (κ3) is 4.37.